The number of nitrogens with one attached hydrogen (secondary N) is 1. The normalized spacial score (nSPS) is 17.7. The average molecular weight is 653 g/mol. The largest absolute Gasteiger partial charge is 0.375 e. The zero-order valence-electron chi connectivity index (χ0n) is 32.7. The van der Waals surface area contributed by atoms with Crippen LogP contribution in [0.2, 0.25) is 0 Å². The zero-order valence-corrected chi connectivity index (χ0v) is 32.7. The van der Waals surface area contributed by atoms with Gasteiger partial charge in [0, 0.05) is 24.1 Å². The van der Waals surface area contributed by atoms with Gasteiger partial charge in [-0.2, -0.15) is 0 Å². The van der Waals surface area contributed by atoms with Crippen LogP contribution in [0.15, 0.2) is 0 Å². The van der Waals surface area contributed by atoms with Gasteiger partial charge >= 0.3 is 0 Å². The summed E-state index contributed by atoms with van der Waals surface area (Å²) in [5.74, 6) is -3.99. The molecule has 0 aliphatic rings. The van der Waals surface area contributed by atoms with E-state index in [0.29, 0.717) is 32.8 Å². The van der Waals surface area contributed by atoms with Crippen molar-refractivity contribution in [2.75, 3.05) is 26.4 Å². The Balaban J connectivity index is 4.99. The molecule has 8 heteroatoms. The molecule has 0 bridgehead atoms. The van der Waals surface area contributed by atoms with Crippen molar-refractivity contribution >= 4 is 0 Å². The molecule has 0 rings (SSSR count). The Labute approximate surface area is 277 Å². The second kappa shape index (κ2) is 15.9. The van der Waals surface area contributed by atoms with Gasteiger partial charge in [0.2, 0.25) is 0 Å². The van der Waals surface area contributed by atoms with Crippen LogP contribution in [0, 0.1) is 28.6 Å². The predicted molar refractivity (Wildman–Crippen MR) is 185 cm³/mol. The molecule has 0 heterocycles. The van der Waals surface area contributed by atoms with E-state index in [4.69, 9.17) is 19.9 Å². The van der Waals surface area contributed by atoms with Crippen molar-refractivity contribution in [2.45, 2.75) is 184 Å². The van der Waals surface area contributed by atoms with Gasteiger partial charge in [-0.1, -0.05) is 48.5 Å². The summed E-state index contributed by atoms with van der Waals surface area (Å²) >= 11 is 0. The number of alkyl halides is 3. The molecule has 0 radical (unpaired) electrons. The molecule has 272 valence electrons. The van der Waals surface area contributed by atoms with Crippen LogP contribution in [0.25, 0.3) is 0 Å². The van der Waals surface area contributed by atoms with Crippen molar-refractivity contribution in [2.24, 2.45) is 34.3 Å². The Kier molecular flexibility index (Phi) is 15.7. The molecule has 0 aliphatic heterocycles. The third-order valence-corrected chi connectivity index (χ3v) is 11.6. The first-order valence-electron chi connectivity index (χ1n) is 17.2. The monoisotopic (exact) mass is 653 g/mol. The molecule has 4 atom stereocenters. The van der Waals surface area contributed by atoms with E-state index in [-0.39, 0.29) is 46.3 Å². The van der Waals surface area contributed by atoms with Crippen LogP contribution >= 0.6 is 0 Å². The fourth-order valence-electron chi connectivity index (χ4n) is 5.13. The molecule has 0 saturated heterocycles. The first-order chi connectivity index (χ1) is 19.7. The highest BCUT2D eigenvalue weighted by atomic mass is 19.3. The van der Waals surface area contributed by atoms with Gasteiger partial charge in [-0.3, -0.25) is 0 Å². The summed E-state index contributed by atoms with van der Waals surface area (Å²) in [6.45, 7) is 37.6. The van der Waals surface area contributed by atoms with Crippen molar-refractivity contribution < 1.29 is 27.4 Å². The van der Waals surface area contributed by atoms with Crippen molar-refractivity contribution in [3.05, 3.63) is 0 Å². The van der Waals surface area contributed by atoms with E-state index in [1.54, 1.807) is 0 Å². The van der Waals surface area contributed by atoms with E-state index < -0.39 is 28.7 Å². The average Bonchev–Trinajstić information content (AvgIpc) is 2.83. The minimum atomic E-state index is -3.37. The van der Waals surface area contributed by atoms with Crippen molar-refractivity contribution in [3.8, 4) is 0 Å². The number of halogens is 3. The Hall–Kier alpha value is -0.410. The number of ether oxygens (including phenoxy) is 3. The Bertz CT molecular complexity index is 873. The van der Waals surface area contributed by atoms with Crippen LogP contribution in [0.1, 0.15) is 144 Å². The van der Waals surface area contributed by atoms with Gasteiger partial charge in [0.15, 0.2) is 5.67 Å². The second-order valence-corrected chi connectivity index (χ2v) is 18.1. The molecule has 0 spiro atoms. The molecule has 4 unspecified atom stereocenters. The summed E-state index contributed by atoms with van der Waals surface area (Å²) in [7, 11) is 0. The van der Waals surface area contributed by atoms with Gasteiger partial charge < -0.3 is 25.3 Å². The van der Waals surface area contributed by atoms with Crippen LogP contribution in [-0.4, -0.2) is 66.3 Å². The Morgan fingerprint density at radius 3 is 1.60 bits per heavy atom. The third kappa shape index (κ3) is 13.2. The van der Waals surface area contributed by atoms with Gasteiger partial charge in [-0.05, 0) is 125 Å². The lowest BCUT2D eigenvalue weighted by Gasteiger charge is -2.47. The summed E-state index contributed by atoms with van der Waals surface area (Å²) in [4.78, 5) is 0. The van der Waals surface area contributed by atoms with E-state index >= 15 is 0 Å². The lowest BCUT2D eigenvalue weighted by atomic mass is 9.68. The highest BCUT2D eigenvalue weighted by molar-refractivity contribution is 4.94. The maximum atomic E-state index is 14.3. The van der Waals surface area contributed by atoms with Gasteiger partial charge in [0.05, 0.1) is 30.0 Å². The van der Waals surface area contributed by atoms with Gasteiger partial charge in [-0.15, -0.1) is 0 Å². The maximum absolute atomic E-state index is 14.3. The smallest absolute Gasteiger partial charge is 0.283 e. The minimum Gasteiger partial charge on any atom is -0.375 e. The lowest BCUT2D eigenvalue weighted by molar-refractivity contribution is -0.159. The topological polar surface area (TPSA) is 65.7 Å². The molecular weight excluding hydrogens is 577 g/mol. The predicted octanol–water partition coefficient (Wildman–Crippen LogP) is 9.60. The molecule has 0 aliphatic carbocycles. The highest BCUT2D eigenvalue weighted by Crippen LogP contribution is 2.43. The lowest BCUT2D eigenvalue weighted by Crippen LogP contribution is -2.49. The van der Waals surface area contributed by atoms with Crippen LogP contribution in [0.4, 0.5) is 13.2 Å². The number of hydrogen-bond donors (Lipinski definition) is 2. The molecule has 0 aromatic carbocycles. The van der Waals surface area contributed by atoms with E-state index in [1.807, 2.05) is 20.8 Å². The van der Waals surface area contributed by atoms with Crippen LogP contribution in [0.5, 0.6) is 0 Å². The van der Waals surface area contributed by atoms with Crippen molar-refractivity contribution in [1.82, 2.24) is 5.32 Å². The Morgan fingerprint density at radius 1 is 0.644 bits per heavy atom. The summed E-state index contributed by atoms with van der Waals surface area (Å²) in [6.07, 6.45) is 1.76. The van der Waals surface area contributed by atoms with Gasteiger partial charge in [-0.25, -0.2) is 13.2 Å². The fraction of sp³-hybridized carbons (Fsp3) is 1.00. The quantitative estimate of drug-likeness (QED) is 0.122. The minimum absolute atomic E-state index is 0.0592. The van der Waals surface area contributed by atoms with Crippen molar-refractivity contribution in [3.63, 3.8) is 0 Å². The summed E-state index contributed by atoms with van der Waals surface area (Å²) in [6, 6.07) is 0.0592. The van der Waals surface area contributed by atoms with E-state index in [1.165, 1.54) is 6.92 Å². The Morgan fingerprint density at radius 2 is 1.13 bits per heavy atom. The standard InChI is InChI=1S/C37H75F3N2O3/c1-26(37(39,40)34(13,14)38)19-21-42-29(4)23-31(7,8)44-24-27(2)32(9,10)36(17,18)43-22-20-30(5,6)35(15,16)45-25-28(3)33(11,12)41/h26-29,42H,19-25,41H2,1-18H3. The highest BCUT2D eigenvalue weighted by Gasteiger charge is 2.51. The molecule has 0 aromatic heterocycles. The van der Waals surface area contributed by atoms with Gasteiger partial charge in [0.25, 0.3) is 5.92 Å². The summed E-state index contributed by atoms with van der Waals surface area (Å²) in [5.41, 5.74) is 2.00. The molecule has 0 aromatic rings. The summed E-state index contributed by atoms with van der Waals surface area (Å²) in [5, 5.41) is 3.33. The number of nitrogens with two attached hydrogens (primary N) is 1. The zero-order chi connectivity index (χ0) is 36.1. The molecule has 0 amide bonds. The second-order valence-electron chi connectivity index (χ2n) is 18.1. The molecule has 5 nitrogen and oxygen atoms in total. The fourth-order valence-corrected chi connectivity index (χ4v) is 5.13. The molecule has 3 N–H and O–H groups in total. The first kappa shape index (κ1) is 44.6. The SMILES string of the molecule is CC(CC(C)(C)OCC(C)C(C)(C)C(C)(C)OCCC(C)(C)C(C)(C)OCC(C)C(C)(C)N)NCCC(C)C(F)(F)C(C)(C)F. The maximum Gasteiger partial charge on any atom is 0.283 e. The van der Waals surface area contributed by atoms with E-state index in [2.05, 4.69) is 88.4 Å². The number of hydrogen-bond acceptors (Lipinski definition) is 5. The van der Waals surface area contributed by atoms with E-state index in [9.17, 15) is 13.2 Å². The molecule has 0 saturated carbocycles. The number of rotatable bonds is 22. The van der Waals surface area contributed by atoms with Crippen LogP contribution in [0.3, 0.4) is 0 Å². The van der Waals surface area contributed by atoms with E-state index in [0.717, 1.165) is 20.3 Å². The van der Waals surface area contributed by atoms with Gasteiger partial charge in [0.1, 0.15) is 0 Å². The molecular formula is C37H75F3N2O3. The summed E-state index contributed by atoms with van der Waals surface area (Å²) < 4.78 is 62.0. The molecule has 0 fully saturated rings. The van der Waals surface area contributed by atoms with Crippen molar-refractivity contribution in [1.29, 1.82) is 0 Å². The van der Waals surface area contributed by atoms with Crippen LogP contribution in [-0.2, 0) is 14.2 Å². The van der Waals surface area contributed by atoms with Crippen LogP contribution < -0.4 is 11.1 Å². The molecule has 45 heavy (non-hydrogen) atoms. The first-order valence-corrected chi connectivity index (χ1v) is 17.2. The third-order valence-electron chi connectivity index (χ3n) is 11.6.